The summed E-state index contributed by atoms with van der Waals surface area (Å²) in [6, 6.07) is 0. The van der Waals surface area contributed by atoms with Gasteiger partial charge in [0.15, 0.2) is 0 Å². The van der Waals surface area contributed by atoms with Gasteiger partial charge in [-0.05, 0) is 0 Å². The van der Waals surface area contributed by atoms with Crippen LogP contribution in [0.15, 0.2) is 0 Å². The van der Waals surface area contributed by atoms with E-state index in [1.165, 1.54) is 0 Å². The van der Waals surface area contributed by atoms with Crippen LogP contribution in [0.3, 0.4) is 0 Å². The second-order valence-electron chi connectivity index (χ2n) is 1.44. The fraction of sp³-hybridized carbons (Fsp3) is 1.00. The maximum atomic E-state index is 8.80. The van der Waals surface area contributed by atoms with E-state index in [-0.39, 0.29) is 88.1 Å². The van der Waals surface area contributed by atoms with Crippen molar-refractivity contribution in [2.45, 2.75) is 12.2 Å². The second-order valence-corrected chi connectivity index (χ2v) is 2.74. The van der Waals surface area contributed by atoms with Crippen LogP contribution in [0.2, 0.25) is 0 Å². The molecule has 2 nitrogen and oxygen atoms in total. The Bertz CT molecular complexity index is 59.2. The van der Waals surface area contributed by atoms with E-state index in [1.54, 1.807) is 0 Å². The molecule has 0 aromatic carbocycles. The van der Waals surface area contributed by atoms with Crippen molar-refractivity contribution in [3.8, 4) is 0 Å². The molecule has 2 atom stereocenters. The van der Waals surface area contributed by atoms with Crippen LogP contribution in [-0.2, 0) is 0 Å². The minimum absolute atomic E-state index is 0. The predicted octanol–water partition coefficient (Wildman–Crippen LogP) is 0.498. The van der Waals surface area contributed by atoms with Crippen LogP contribution in [0.1, 0.15) is 0 Å². The van der Waals surface area contributed by atoms with Gasteiger partial charge < -0.3 is 10.2 Å². The molecule has 0 heterocycles. The van der Waals surface area contributed by atoms with E-state index < -0.39 is 12.2 Å². The summed E-state index contributed by atoms with van der Waals surface area (Å²) in [5, 5.41) is 18.4. The molecule has 0 fully saturated rings. The van der Waals surface area contributed by atoms with Crippen molar-refractivity contribution in [3.63, 3.8) is 0 Å². The summed E-state index contributed by atoms with van der Waals surface area (Å²) in [5.74, 6) is 0. The van der Waals surface area contributed by atoms with E-state index in [1.807, 2.05) is 0 Å². The monoisotopic (exact) mass is 700 g/mol. The number of rotatable bonds is 3. The molecule has 0 aromatic rings. The van der Waals surface area contributed by atoms with Gasteiger partial charge in [-0.3, -0.25) is 0 Å². The van der Waals surface area contributed by atoms with E-state index in [9.17, 15) is 0 Å². The molecule has 56 valence electrons. The molecule has 0 aliphatic rings. The third kappa shape index (κ3) is 9.85. The minimum atomic E-state index is -0.658. The first-order valence-corrected chi connectivity index (χ1v) is 4.44. The molecule has 0 spiro atoms. The van der Waals surface area contributed by atoms with Crippen LogP contribution in [0.5, 0.6) is 0 Å². The van der Waals surface area contributed by atoms with Crippen LogP contribution in [0, 0.1) is 88.1 Å². The van der Waals surface area contributed by atoms with Crippen LogP contribution >= 0.6 is 31.9 Å². The molecule has 0 aliphatic carbocycles. The number of hydrogen-bond donors (Lipinski definition) is 2. The Morgan fingerprint density at radius 2 is 1.10 bits per heavy atom. The van der Waals surface area contributed by atoms with Gasteiger partial charge in [0, 0.05) is 98.8 Å². The van der Waals surface area contributed by atoms with Crippen LogP contribution in [0.25, 0.3) is 0 Å². The number of aliphatic hydroxyl groups excluding tert-OH is 2. The topological polar surface area (TPSA) is 40.5 Å². The summed E-state index contributed by atoms with van der Waals surface area (Å²) >= 11 is 6.05. The average Bonchev–Trinajstić information content (AvgIpc) is 1.84. The summed E-state index contributed by atoms with van der Waals surface area (Å²) in [4.78, 5) is 0. The normalized spacial score (nSPS) is 14.4. The van der Waals surface area contributed by atoms with Crippen molar-refractivity contribution in [1.82, 2.24) is 0 Å². The smallest absolute Gasteiger partial charge is 0.0903 e. The standard InChI is InChI=1S/C4H8Br2O2.2Ac/c5-1-3(7)4(8)2-6;;/h3-4,7-8H,1-2H2;;/t3-,4+;;. The van der Waals surface area contributed by atoms with Crippen molar-refractivity contribution >= 4 is 31.9 Å². The van der Waals surface area contributed by atoms with E-state index in [2.05, 4.69) is 31.9 Å². The van der Waals surface area contributed by atoms with E-state index in [0.29, 0.717) is 10.7 Å². The van der Waals surface area contributed by atoms with Gasteiger partial charge in [0.05, 0.1) is 12.2 Å². The minimum Gasteiger partial charge on any atom is -0.390 e. The zero-order valence-corrected chi connectivity index (χ0v) is 18.0. The molecule has 0 rings (SSSR count). The Morgan fingerprint density at radius 1 is 0.900 bits per heavy atom. The zero-order chi connectivity index (χ0) is 6.57. The molecule has 0 amide bonds. The van der Waals surface area contributed by atoms with Gasteiger partial charge in [-0.2, -0.15) is 0 Å². The summed E-state index contributed by atoms with van der Waals surface area (Å²) in [6.07, 6.45) is -1.32. The van der Waals surface area contributed by atoms with Gasteiger partial charge in [-0.15, -0.1) is 0 Å². The maximum Gasteiger partial charge on any atom is 0.0903 e. The first-order valence-electron chi connectivity index (χ1n) is 2.20. The SMILES string of the molecule is O[C@H](CBr)[C@@H](O)CBr.[Ac].[Ac]. The second kappa shape index (κ2) is 12.8. The summed E-state index contributed by atoms with van der Waals surface area (Å²) < 4.78 is 0. The van der Waals surface area contributed by atoms with Gasteiger partial charge in [0.25, 0.3) is 0 Å². The first-order chi connectivity index (χ1) is 3.72. The Morgan fingerprint density at radius 3 is 1.20 bits per heavy atom. The van der Waals surface area contributed by atoms with Gasteiger partial charge in [-0.1, -0.05) is 31.9 Å². The fourth-order valence-electron chi connectivity index (χ4n) is 0.206. The fourth-order valence-corrected chi connectivity index (χ4v) is 1.07. The Kier molecular flexibility index (Phi) is 24.7. The Hall–Kier alpha value is 3.76. The summed E-state index contributed by atoms with van der Waals surface area (Å²) in [7, 11) is 0. The van der Waals surface area contributed by atoms with Crippen molar-refractivity contribution in [3.05, 3.63) is 0 Å². The molecule has 6 heteroatoms. The molecule has 0 saturated heterocycles. The zero-order valence-electron chi connectivity index (χ0n) is 5.37. The summed E-state index contributed by atoms with van der Waals surface area (Å²) in [6.45, 7) is 0. The third-order valence-electron chi connectivity index (χ3n) is 0.760. The van der Waals surface area contributed by atoms with Gasteiger partial charge in [-0.25, -0.2) is 0 Å². The van der Waals surface area contributed by atoms with Gasteiger partial charge in [0.1, 0.15) is 0 Å². The van der Waals surface area contributed by atoms with Crippen molar-refractivity contribution < 1.29 is 98.3 Å². The van der Waals surface area contributed by atoms with Crippen molar-refractivity contribution in [2.75, 3.05) is 10.7 Å². The first kappa shape index (κ1) is 19.4. The number of aliphatic hydroxyl groups is 2. The molecule has 0 bridgehead atoms. The molecule has 0 aliphatic heterocycles. The number of hydrogen-bond acceptors (Lipinski definition) is 2. The van der Waals surface area contributed by atoms with Crippen LogP contribution in [0.4, 0.5) is 0 Å². The molecule has 0 aromatic heterocycles. The van der Waals surface area contributed by atoms with Gasteiger partial charge in [0.2, 0.25) is 0 Å². The predicted molar refractivity (Wildman–Crippen MR) is 39.6 cm³/mol. The van der Waals surface area contributed by atoms with Crippen molar-refractivity contribution in [1.29, 1.82) is 0 Å². The van der Waals surface area contributed by atoms with E-state index >= 15 is 0 Å². The quantitative estimate of drug-likeness (QED) is 0.422. The molecule has 0 unspecified atom stereocenters. The van der Waals surface area contributed by atoms with Crippen LogP contribution < -0.4 is 0 Å². The molecular formula is C4H8Ac2Br2O2. The Balaban J connectivity index is -0.000000245. The van der Waals surface area contributed by atoms with E-state index in [0.717, 1.165) is 0 Å². The molecule has 0 saturated carbocycles. The third-order valence-corrected chi connectivity index (χ3v) is 2.09. The number of alkyl halides is 2. The van der Waals surface area contributed by atoms with Gasteiger partial charge >= 0.3 is 0 Å². The maximum absolute atomic E-state index is 8.80. The molecular weight excluding hydrogens is 694 g/mol. The molecule has 2 radical (unpaired) electrons. The molecule has 2 N–H and O–H groups in total. The average molecular weight is 702 g/mol. The molecule has 10 heavy (non-hydrogen) atoms. The summed E-state index contributed by atoms with van der Waals surface area (Å²) in [5.41, 5.74) is 0. The Labute approximate surface area is 149 Å². The van der Waals surface area contributed by atoms with Crippen LogP contribution in [-0.4, -0.2) is 33.1 Å². The largest absolute Gasteiger partial charge is 0.390 e. The van der Waals surface area contributed by atoms with Crippen molar-refractivity contribution in [2.24, 2.45) is 0 Å². The van der Waals surface area contributed by atoms with E-state index in [4.69, 9.17) is 10.2 Å². The number of halogens is 2.